The van der Waals surface area contributed by atoms with Gasteiger partial charge in [-0.3, -0.25) is 4.98 Å². The number of hydrogen-bond acceptors (Lipinski definition) is 3. The second-order valence-corrected chi connectivity index (χ2v) is 2.07. The number of aromatic amines is 2. The summed E-state index contributed by atoms with van der Waals surface area (Å²) in [6.07, 6.45) is 1.55. The van der Waals surface area contributed by atoms with Gasteiger partial charge in [-0.15, -0.1) is 0 Å². The molecule has 0 bridgehead atoms. The van der Waals surface area contributed by atoms with Crippen molar-refractivity contribution in [2.45, 2.75) is 0 Å². The number of nitrogens with one attached hydrogen (secondary N) is 2. The monoisotopic (exact) mass is 152 g/mol. The highest BCUT2D eigenvalue weighted by atomic mass is 16.4. The summed E-state index contributed by atoms with van der Waals surface area (Å²) in [6.45, 7) is 0. The minimum absolute atomic E-state index is 0.282. The standard InChI is InChI=1S/C6H4N2O3/c9-5-4-3(1-2-7-4)8-6(10)11-5/h1-2,7H,(H,8,10). The Morgan fingerprint density at radius 2 is 2.18 bits per heavy atom. The topological polar surface area (TPSA) is 78.9 Å². The van der Waals surface area contributed by atoms with Crippen LogP contribution in [0.1, 0.15) is 0 Å². The van der Waals surface area contributed by atoms with E-state index in [4.69, 9.17) is 0 Å². The average molecular weight is 152 g/mol. The highest BCUT2D eigenvalue weighted by Gasteiger charge is 2.00. The number of rotatable bonds is 0. The van der Waals surface area contributed by atoms with Gasteiger partial charge in [0, 0.05) is 6.20 Å². The van der Waals surface area contributed by atoms with E-state index in [2.05, 4.69) is 14.4 Å². The van der Waals surface area contributed by atoms with Crippen LogP contribution in [0.5, 0.6) is 0 Å². The molecule has 2 N–H and O–H groups in total. The van der Waals surface area contributed by atoms with Crippen LogP contribution in [0, 0.1) is 0 Å². The van der Waals surface area contributed by atoms with Crippen molar-refractivity contribution in [3.8, 4) is 0 Å². The van der Waals surface area contributed by atoms with Gasteiger partial charge in [-0.1, -0.05) is 0 Å². The van der Waals surface area contributed by atoms with Crippen LogP contribution < -0.4 is 11.4 Å². The van der Waals surface area contributed by atoms with Crippen molar-refractivity contribution in [1.82, 2.24) is 9.97 Å². The van der Waals surface area contributed by atoms with E-state index >= 15 is 0 Å². The van der Waals surface area contributed by atoms with E-state index in [1.165, 1.54) is 0 Å². The van der Waals surface area contributed by atoms with Gasteiger partial charge in [-0.2, -0.15) is 0 Å². The molecular formula is C6H4N2O3. The van der Waals surface area contributed by atoms with Crippen LogP contribution in [0.4, 0.5) is 0 Å². The summed E-state index contributed by atoms with van der Waals surface area (Å²) in [5, 5.41) is 0. The van der Waals surface area contributed by atoms with Crippen LogP contribution in [-0.4, -0.2) is 9.97 Å². The smallest absolute Gasteiger partial charge is 0.371 e. The Labute approximate surface area is 59.7 Å². The first-order valence-corrected chi connectivity index (χ1v) is 2.98. The van der Waals surface area contributed by atoms with E-state index < -0.39 is 11.4 Å². The number of H-pyrrole nitrogens is 2. The van der Waals surface area contributed by atoms with Gasteiger partial charge in [-0.05, 0) is 6.07 Å². The average Bonchev–Trinajstić information content (AvgIpc) is 2.34. The molecule has 0 aromatic carbocycles. The molecule has 0 fully saturated rings. The van der Waals surface area contributed by atoms with Gasteiger partial charge in [0.2, 0.25) is 0 Å². The van der Waals surface area contributed by atoms with E-state index in [1.54, 1.807) is 12.3 Å². The van der Waals surface area contributed by atoms with Gasteiger partial charge in [0.25, 0.3) is 0 Å². The number of hydrogen-bond donors (Lipinski definition) is 2. The van der Waals surface area contributed by atoms with Gasteiger partial charge < -0.3 is 9.40 Å². The van der Waals surface area contributed by atoms with Crippen molar-refractivity contribution in [3.05, 3.63) is 33.2 Å². The van der Waals surface area contributed by atoms with Crippen LogP contribution >= 0.6 is 0 Å². The summed E-state index contributed by atoms with van der Waals surface area (Å²) in [6, 6.07) is 1.59. The summed E-state index contributed by atoms with van der Waals surface area (Å²) >= 11 is 0. The first-order chi connectivity index (χ1) is 5.27. The number of aromatic nitrogens is 2. The molecule has 0 saturated heterocycles. The minimum atomic E-state index is -0.734. The van der Waals surface area contributed by atoms with Crippen molar-refractivity contribution < 1.29 is 4.42 Å². The molecule has 11 heavy (non-hydrogen) atoms. The molecule has 0 aliphatic rings. The molecule has 0 atom stereocenters. The van der Waals surface area contributed by atoms with Crippen molar-refractivity contribution in [2.24, 2.45) is 0 Å². The van der Waals surface area contributed by atoms with Gasteiger partial charge in [0.15, 0.2) is 0 Å². The van der Waals surface area contributed by atoms with E-state index in [9.17, 15) is 9.59 Å². The van der Waals surface area contributed by atoms with E-state index in [0.29, 0.717) is 5.52 Å². The molecule has 5 heteroatoms. The predicted octanol–water partition coefficient (Wildman–Crippen LogP) is -0.191. The van der Waals surface area contributed by atoms with Crippen molar-refractivity contribution in [2.75, 3.05) is 0 Å². The van der Waals surface area contributed by atoms with Crippen LogP contribution in [0.15, 0.2) is 26.3 Å². The fraction of sp³-hybridized carbons (Fsp3) is 0. The molecule has 2 aromatic rings. The lowest BCUT2D eigenvalue weighted by molar-refractivity contribution is 0.459. The molecule has 0 unspecified atom stereocenters. The summed E-state index contributed by atoms with van der Waals surface area (Å²) in [7, 11) is 0. The zero-order chi connectivity index (χ0) is 7.84. The van der Waals surface area contributed by atoms with Crippen molar-refractivity contribution in [3.63, 3.8) is 0 Å². The maximum atomic E-state index is 10.8. The zero-order valence-corrected chi connectivity index (χ0v) is 5.38. The van der Waals surface area contributed by atoms with Gasteiger partial charge in [0.1, 0.15) is 5.52 Å². The Bertz CT molecular complexity index is 490. The molecule has 5 nitrogen and oxygen atoms in total. The molecule has 0 aliphatic heterocycles. The zero-order valence-electron chi connectivity index (χ0n) is 5.38. The summed E-state index contributed by atoms with van der Waals surface area (Å²) in [5.41, 5.74) is 0.101. The van der Waals surface area contributed by atoms with Gasteiger partial charge in [-0.25, -0.2) is 9.59 Å². The SMILES string of the molecule is O=c1[nH]c2cc[nH]c2c(=O)o1. The third-order valence-electron chi connectivity index (χ3n) is 1.37. The Kier molecular flexibility index (Phi) is 1.00. The van der Waals surface area contributed by atoms with Crippen LogP contribution in [-0.2, 0) is 0 Å². The number of fused-ring (bicyclic) bond motifs is 1. The maximum Gasteiger partial charge on any atom is 0.419 e. The second kappa shape index (κ2) is 1.85. The molecule has 2 rings (SSSR count). The Morgan fingerprint density at radius 3 is 3.00 bits per heavy atom. The third-order valence-corrected chi connectivity index (χ3v) is 1.37. The van der Waals surface area contributed by atoms with Gasteiger partial charge in [0.05, 0.1) is 5.52 Å². The first-order valence-electron chi connectivity index (χ1n) is 2.98. The summed E-state index contributed by atoms with van der Waals surface area (Å²) < 4.78 is 4.25. The molecule has 0 amide bonds. The van der Waals surface area contributed by atoms with Gasteiger partial charge >= 0.3 is 11.4 Å². The van der Waals surface area contributed by atoms with E-state index in [0.717, 1.165) is 0 Å². The van der Waals surface area contributed by atoms with Crippen LogP contribution in [0.25, 0.3) is 11.0 Å². The predicted molar refractivity (Wildman–Crippen MR) is 37.5 cm³/mol. The first kappa shape index (κ1) is 5.96. The molecule has 56 valence electrons. The lowest BCUT2D eigenvalue weighted by atomic mass is 10.5. The quantitative estimate of drug-likeness (QED) is 0.549. The highest BCUT2D eigenvalue weighted by molar-refractivity contribution is 5.72. The molecule has 0 radical (unpaired) electrons. The second-order valence-electron chi connectivity index (χ2n) is 2.07. The summed E-state index contributed by atoms with van der Waals surface area (Å²) in [5.74, 6) is -0.734. The highest BCUT2D eigenvalue weighted by Crippen LogP contribution is 1.98. The largest absolute Gasteiger partial charge is 0.419 e. The Balaban J connectivity index is 3.15. The summed E-state index contributed by atoms with van der Waals surface area (Å²) in [4.78, 5) is 26.4. The Morgan fingerprint density at radius 1 is 1.36 bits per heavy atom. The maximum absolute atomic E-state index is 10.8. The van der Waals surface area contributed by atoms with E-state index in [1.807, 2.05) is 0 Å². The van der Waals surface area contributed by atoms with Crippen LogP contribution in [0.3, 0.4) is 0 Å². The lowest BCUT2D eigenvalue weighted by Crippen LogP contribution is -2.13. The molecular weight excluding hydrogens is 148 g/mol. The van der Waals surface area contributed by atoms with Crippen molar-refractivity contribution in [1.29, 1.82) is 0 Å². The Hall–Kier alpha value is -1.78. The molecule has 0 spiro atoms. The van der Waals surface area contributed by atoms with Crippen molar-refractivity contribution >= 4 is 11.0 Å². The fourth-order valence-corrected chi connectivity index (χ4v) is 0.913. The molecule has 2 heterocycles. The molecule has 2 aromatic heterocycles. The molecule has 0 aliphatic carbocycles. The van der Waals surface area contributed by atoms with Crippen LogP contribution in [0.2, 0.25) is 0 Å². The molecule has 0 saturated carbocycles. The minimum Gasteiger partial charge on any atom is -0.371 e. The van der Waals surface area contributed by atoms with E-state index in [-0.39, 0.29) is 5.52 Å². The third kappa shape index (κ3) is 0.778. The normalized spacial score (nSPS) is 10.5. The fourth-order valence-electron chi connectivity index (χ4n) is 0.913. The lowest BCUT2D eigenvalue weighted by Gasteiger charge is -1.83.